The van der Waals surface area contributed by atoms with Gasteiger partial charge in [0, 0.05) is 40.4 Å². The number of amides is 4. The second kappa shape index (κ2) is 17.3. The molecule has 12 heteroatoms. The first-order valence-electron chi connectivity index (χ1n) is 18.8. The SMILES string of the molecule is COC[C@@H]1CC[C@@H](COC)N1C(=O)[C@@H]1CCCN1C(=O)[C@@H]1CCCN1C[C@H](C(C)C)N(C)C(=O)[C@@H](NC(=O)C1CCCCN1C)C(C)(C)C. The van der Waals surface area contributed by atoms with Gasteiger partial charge in [0.25, 0.3) is 0 Å². The molecule has 7 atom stereocenters. The summed E-state index contributed by atoms with van der Waals surface area (Å²) in [7, 11) is 7.15. The van der Waals surface area contributed by atoms with Gasteiger partial charge in [0.2, 0.25) is 23.6 Å². The summed E-state index contributed by atoms with van der Waals surface area (Å²) in [4.78, 5) is 66.1. The van der Waals surface area contributed by atoms with Crippen LogP contribution in [0.4, 0.5) is 0 Å². The molecule has 1 unspecified atom stereocenters. The third-order valence-electron chi connectivity index (χ3n) is 11.6. The zero-order chi connectivity index (χ0) is 36.0. The van der Waals surface area contributed by atoms with Crippen LogP contribution in [0.1, 0.15) is 92.4 Å². The molecule has 0 spiro atoms. The first kappa shape index (κ1) is 39.5. The molecule has 280 valence electrons. The molecule has 0 aromatic carbocycles. The summed E-state index contributed by atoms with van der Waals surface area (Å²) in [5.74, 6) is -0.0324. The van der Waals surface area contributed by atoms with Crippen molar-refractivity contribution in [2.75, 3.05) is 67.7 Å². The van der Waals surface area contributed by atoms with Crippen LogP contribution in [0.15, 0.2) is 0 Å². The number of nitrogens with zero attached hydrogens (tertiary/aromatic N) is 5. The summed E-state index contributed by atoms with van der Waals surface area (Å²) in [6.45, 7) is 13.9. The highest BCUT2D eigenvalue weighted by Gasteiger charge is 2.47. The summed E-state index contributed by atoms with van der Waals surface area (Å²) in [5, 5.41) is 3.15. The molecular weight excluding hydrogens is 624 g/mol. The van der Waals surface area contributed by atoms with Crippen molar-refractivity contribution < 1.29 is 28.7 Å². The molecule has 12 nitrogen and oxygen atoms in total. The minimum absolute atomic E-state index is 0.0108. The Morgan fingerprint density at radius 2 is 1.39 bits per heavy atom. The highest BCUT2D eigenvalue weighted by Crippen LogP contribution is 2.32. The Balaban J connectivity index is 1.47. The Hall–Kier alpha value is -2.28. The summed E-state index contributed by atoms with van der Waals surface area (Å²) < 4.78 is 10.9. The van der Waals surface area contributed by atoms with Gasteiger partial charge in [0.05, 0.1) is 37.4 Å². The number of methoxy groups -OCH3 is 2. The second-order valence-electron chi connectivity index (χ2n) is 16.4. The molecule has 0 aromatic rings. The molecule has 4 aliphatic rings. The number of hydrogen-bond acceptors (Lipinski definition) is 8. The van der Waals surface area contributed by atoms with Crippen LogP contribution in [0.25, 0.3) is 0 Å². The average molecular weight is 691 g/mol. The molecule has 0 aliphatic carbocycles. The smallest absolute Gasteiger partial charge is 0.246 e. The van der Waals surface area contributed by atoms with Crippen LogP contribution in [-0.4, -0.2) is 158 Å². The number of likely N-dealkylation sites (N-methyl/N-ethyl adjacent to an activating group) is 2. The van der Waals surface area contributed by atoms with E-state index in [4.69, 9.17) is 9.47 Å². The van der Waals surface area contributed by atoms with E-state index in [2.05, 4.69) is 29.0 Å². The van der Waals surface area contributed by atoms with Crippen LogP contribution in [0.2, 0.25) is 0 Å². The van der Waals surface area contributed by atoms with Crippen molar-refractivity contribution in [1.29, 1.82) is 0 Å². The number of carbonyl (C=O) groups is 4. The lowest BCUT2D eigenvalue weighted by Gasteiger charge is -2.41. The van der Waals surface area contributed by atoms with Crippen LogP contribution >= 0.6 is 0 Å². The van der Waals surface area contributed by atoms with Crippen molar-refractivity contribution >= 4 is 23.6 Å². The van der Waals surface area contributed by atoms with E-state index in [0.717, 1.165) is 64.5 Å². The Kier molecular flexibility index (Phi) is 13.9. The van der Waals surface area contributed by atoms with Gasteiger partial charge in [-0.3, -0.25) is 29.0 Å². The van der Waals surface area contributed by atoms with Gasteiger partial charge in [-0.25, -0.2) is 0 Å². The van der Waals surface area contributed by atoms with Crippen LogP contribution in [0, 0.1) is 11.3 Å². The van der Waals surface area contributed by atoms with Gasteiger partial charge in [-0.1, -0.05) is 41.0 Å². The third-order valence-corrected chi connectivity index (χ3v) is 11.6. The van der Waals surface area contributed by atoms with Crippen molar-refractivity contribution in [3.63, 3.8) is 0 Å². The largest absolute Gasteiger partial charge is 0.383 e. The molecular formula is C37H66N6O6. The molecule has 4 aliphatic heterocycles. The van der Waals surface area contributed by atoms with E-state index in [1.165, 1.54) is 0 Å². The fourth-order valence-electron chi connectivity index (χ4n) is 8.69. The number of nitrogens with one attached hydrogen (secondary N) is 1. The Morgan fingerprint density at radius 1 is 0.796 bits per heavy atom. The van der Waals surface area contributed by atoms with Crippen LogP contribution < -0.4 is 5.32 Å². The highest BCUT2D eigenvalue weighted by atomic mass is 16.5. The summed E-state index contributed by atoms with van der Waals surface area (Å²) >= 11 is 0. The number of likely N-dealkylation sites (tertiary alicyclic amines) is 4. The first-order valence-corrected chi connectivity index (χ1v) is 18.8. The van der Waals surface area contributed by atoms with E-state index < -0.39 is 17.5 Å². The topological polar surface area (TPSA) is 115 Å². The molecule has 1 N–H and O–H groups in total. The zero-order valence-corrected chi connectivity index (χ0v) is 31.9. The normalized spacial score (nSPS) is 28.2. The van der Waals surface area contributed by atoms with E-state index in [1.54, 1.807) is 14.2 Å². The molecule has 49 heavy (non-hydrogen) atoms. The Morgan fingerprint density at radius 3 is 1.96 bits per heavy atom. The summed E-state index contributed by atoms with van der Waals surface area (Å²) in [6, 6.07) is -1.89. The molecule has 4 fully saturated rings. The molecule has 4 amide bonds. The van der Waals surface area contributed by atoms with E-state index >= 15 is 0 Å². The van der Waals surface area contributed by atoms with Gasteiger partial charge in [0.15, 0.2) is 0 Å². The maximum absolute atomic E-state index is 14.3. The maximum Gasteiger partial charge on any atom is 0.246 e. The number of hydrogen-bond donors (Lipinski definition) is 1. The summed E-state index contributed by atoms with van der Waals surface area (Å²) in [5.41, 5.74) is -0.487. The van der Waals surface area contributed by atoms with Gasteiger partial charge >= 0.3 is 0 Å². The monoisotopic (exact) mass is 691 g/mol. The molecule has 4 heterocycles. The molecule has 0 aromatic heterocycles. The van der Waals surface area contributed by atoms with E-state index in [-0.39, 0.29) is 59.8 Å². The van der Waals surface area contributed by atoms with E-state index in [9.17, 15) is 19.2 Å². The second-order valence-corrected chi connectivity index (χ2v) is 16.4. The van der Waals surface area contributed by atoms with Gasteiger partial charge in [-0.15, -0.1) is 0 Å². The van der Waals surface area contributed by atoms with Crippen molar-refractivity contribution in [3.8, 4) is 0 Å². The Labute approximate surface area is 295 Å². The van der Waals surface area contributed by atoms with Crippen molar-refractivity contribution in [2.24, 2.45) is 11.3 Å². The molecule has 0 bridgehead atoms. The van der Waals surface area contributed by atoms with Gasteiger partial charge < -0.3 is 29.5 Å². The Bertz CT molecular complexity index is 1130. The van der Waals surface area contributed by atoms with Gasteiger partial charge in [-0.2, -0.15) is 0 Å². The number of carbonyl (C=O) groups excluding carboxylic acids is 4. The molecule has 0 saturated carbocycles. The van der Waals surface area contributed by atoms with Crippen LogP contribution in [-0.2, 0) is 28.7 Å². The van der Waals surface area contributed by atoms with E-state index in [0.29, 0.717) is 32.7 Å². The third kappa shape index (κ3) is 9.15. The number of rotatable bonds is 13. The van der Waals surface area contributed by atoms with Crippen molar-refractivity contribution in [3.05, 3.63) is 0 Å². The van der Waals surface area contributed by atoms with Crippen LogP contribution in [0.5, 0.6) is 0 Å². The lowest BCUT2D eigenvalue weighted by Crippen LogP contribution is -2.61. The van der Waals surface area contributed by atoms with Crippen molar-refractivity contribution in [1.82, 2.24) is 29.8 Å². The fraction of sp³-hybridized carbons (Fsp3) is 0.892. The predicted octanol–water partition coefficient (Wildman–Crippen LogP) is 2.59. The minimum Gasteiger partial charge on any atom is -0.383 e. The number of piperidine rings is 1. The standard InChI is InChI=1S/C37H66N6O6/c1-25(2)31(40(7)36(47)32(37(3,4)5)38-33(44)28-14-10-11-19-39(28)6)22-41-20-12-15-29(41)34(45)42-21-13-16-30(42)35(46)43-26(23-48-8)17-18-27(43)24-49-9/h25-32H,10-24H2,1-9H3,(H,38,44)/t26-,27-,28?,29-,30-,31+,32+/m0/s1. The molecule has 0 radical (unpaired) electrons. The quantitative estimate of drug-likeness (QED) is 0.314. The summed E-state index contributed by atoms with van der Waals surface area (Å²) in [6.07, 6.45) is 7.70. The lowest BCUT2D eigenvalue weighted by molar-refractivity contribution is -0.149. The first-order chi connectivity index (χ1) is 23.2. The molecule has 4 rings (SSSR count). The van der Waals surface area contributed by atoms with E-state index in [1.807, 2.05) is 49.6 Å². The minimum atomic E-state index is -0.677. The molecule has 4 saturated heterocycles. The zero-order valence-electron chi connectivity index (χ0n) is 31.9. The van der Waals surface area contributed by atoms with Crippen LogP contribution in [0.3, 0.4) is 0 Å². The average Bonchev–Trinajstić information content (AvgIpc) is 3.81. The highest BCUT2D eigenvalue weighted by molar-refractivity contribution is 5.92. The maximum atomic E-state index is 14.3. The predicted molar refractivity (Wildman–Crippen MR) is 190 cm³/mol. The van der Waals surface area contributed by atoms with Gasteiger partial charge in [0.1, 0.15) is 12.1 Å². The fourth-order valence-corrected chi connectivity index (χ4v) is 8.69. The van der Waals surface area contributed by atoms with Gasteiger partial charge in [-0.05, 0) is 82.8 Å². The number of ether oxygens (including phenoxy) is 2. The van der Waals surface area contributed by atoms with Crippen molar-refractivity contribution in [2.45, 2.75) is 135 Å². The lowest BCUT2D eigenvalue weighted by atomic mass is 9.84.